The molecular weight excluding hydrogens is 278 g/mol. The summed E-state index contributed by atoms with van der Waals surface area (Å²) in [5.41, 5.74) is 5.93. The topological polar surface area (TPSA) is 75.4 Å². The van der Waals surface area contributed by atoms with Crippen LogP contribution in [0.4, 0.5) is 0 Å². The molecule has 5 heteroatoms. The molecule has 0 aromatic rings. The number of hydrogen-bond acceptors (Lipinski definition) is 3. The lowest BCUT2D eigenvalue weighted by atomic mass is 9.71. The second kappa shape index (κ2) is 9.82. The lowest BCUT2D eigenvalue weighted by Gasteiger charge is -2.35. The molecule has 128 valence electrons. The minimum Gasteiger partial charge on any atom is -0.356 e. The fourth-order valence-electron chi connectivity index (χ4n) is 3.36. The number of hydrogen-bond donors (Lipinski definition) is 2. The van der Waals surface area contributed by atoms with Crippen molar-refractivity contribution < 1.29 is 9.59 Å². The Hall–Kier alpha value is -1.10. The van der Waals surface area contributed by atoms with E-state index in [1.807, 2.05) is 18.7 Å². The molecule has 0 atom stereocenters. The normalized spacial score (nSPS) is 17.0. The van der Waals surface area contributed by atoms with Crippen molar-refractivity contribution in [3.8, 4) is 0 Å². The van der Waals surface area contributed by atoms with Gasteiger partial charge in [-0.3, -0.25) is 9.59 Å². The summed E-state index contributed by atoms with van der Waals surface area (Å²) in [4.78, 5) is 25.8. The third-order valence-electron chi connectivity index (χ3n) is 4.89. The highest BCUT2D eigenvalue weighted by Crippen LogP contribution is 2.38. The lowest BCUT2D eigenvalue weighted by molar-refractivity contribution is -0.131. The monoisotopic (exact) mass is 311 g/mol. The molecule has 22 heavy (non-hydrogen) atoms. The van der Waals surface area contributed by atoms with Gasteiger partial charge in [-0.25, -0.2) is 0 Å². The summed E-state index contributed by atoms with van der Waals surface area (Å²) in [6, 6.07) is 0. The molecule has 0 bridgehead atoms. The Balaban J connectivity index is 2.24. The Morgan fingerprint density at radius 1 is 1.14 bits per heavy atom. The van der Waals surface area contributed by atoms with Crippen LogP contribution in [-0.4, -0.2) is 42.9 Å². The first-order valence-corrected chi connectivity index (χ1v) is 8.81. The summed E-state index contributed by atoms with van der Waals surface area (Å²) in [6.07, 6.45) is 7.51. The standard InChI is InChI=1S/C17H33N3O2/c1-3-20(4-2)16(22)9-8-12-19-15(21)13-17(14-18)10-6-5-7-11-17/h3-14,18H2,1-2H3,(H,19,21). The van der Waals surface area contributed by atoms with E-state index in [4.69, 9.17) is 5.73 Å². The van der Waals surface area contributed by atoms with Crippen molar-refractivity contribution in [1.29, 1.82) is 0 Å². The highest BCUT2D eigenvalue weighted by Gasteiger charge is 2.32. The van der Waals surface area contributed by atoms with Gasteiger partial charge in [0.1, 0.15) is 0 Å². The Bertz CT molecular complexity index is 348. The number of rotatable bonds is 9. The average molecular weight is 311 g/mol. The van der Waals surface area contributed by atoms with Crippen molar-refractivity contribution in [2.75, 3.05) is 26.2 Å². The summed E-state index contributed by atoms with van der Waals surface area (Å²) in [5, 5.41) is 2.95. The molecular formula is C17H33N3O2. The predicted molar refractivity (Wildman–Crippen MR) is 89.4 cm³/mol. The van der Waals surface area contributed by atoms with Gasteiger partial charge < -0.3 is 16.0 Å². The fourth-order valence-corrected chi connectivity index (χ4v) is 3.36. The first kappa shape index (κ1) is 18.9. The van der Waals surface area contributed by atoms with Gasteiger partial charge in [-0.1, -0.05) is 19.3 Å². The van der Waals surface area contributed by atoms with Gasteiger partial charge in [0.05, 0.1) is 0 Å². The van der Waals surface area contributed by atoms with Crippen LogP contribution in [0.15, 0.2) is 0 Å². The molecule has 0 saturated heterocycles. The second-order valence-electron chi connectivity index (χ2n) is 6.46. The highest BCUT2D eigenvalue weighted by molar-refractivity contribution is 5.77. The zero-order valence-electron chi connectivity index (χ0n) is 14.3. The summed E-state index contributed by atoms with van der Waals surface area (Å²) in [5.74, 6) is 0.257. The van der Waals surface area contributed by atoms with Crippen molar-refractivity contribution in [2.45, 2.75) is 65.2 Å². The van der Waals surface area contributed by atoms with E-state index in [1.54, 1.807) is 0 Å². The zero-order valence-corrected chi connectivity index (χ0v) is 14.3. The van der Waals surface area contributed by atoms with E-state index >= 15 is 0 Å². The van der Waals surface area contributed by atoms with E-state index in [1.165, 1.54) is 19.3 Å². The van der Waals surface area contributed by atoms with Crippen LogP contribution >= 0.6 is 0 Å². The molecule has 1 fully saturated rings. The zero-order chi connectivity index (χ0) is 16.4. The SMILES string of the molecule is CCN(CC)C(=O)CCCNC(=O)CC1(CN)CCCCC1. The third kappa shape index (κ3) is 5.95. The quantitative estimate of drug-likeness (QED) is 0.640. The molecule has 1 saturated carbocycles. The first-order valence-electron chi connectivity index (χ1n) is 8.81. The van der Waals surface area contributed by atoms with Gasteiger partial charge in [0.15, 0.2) is 0 Å². The van der Waals surface area contributed by atoms with Gasteiger partial charge in [0.25, 0.3) is 0 Å². The van der Waals surface area contributed by atoms with Gasteiger partial charge in [0, 0.05) is 32.5 Å². The molecule has 5 nitrogen and oxygen atoms in total. The van der Waals surface area contributed by atoms with Crippen molar-refractivity contribution >= 4 is 11.8 Å². The Kier molecular flexibility index (Phi) is 8.46. The molecule has 0 aromatic carbocycles. The molecule has 0 heterocycles. The molecule has 1 aliphatic rings. The first-order chi connectivity index (χ1) is 10.6. The molecule has 0 aliphatic heterocycles. The summed E-state index contributed by atoms with van der Waals surface area (Å²) in [6.45, 7) is 6.65. The maximum Gasteiger partial charge on any atom is 0.222 e. The van der Waals surface area contributed by atoms with Crippen molar-refractivity contribution in [1.82, 2.24) is 10.2 Å². The van der Waals surface area contributed by atoms with Crippen molar-refractivity contribution in [3.05, 3.63) is 0 Å². The Labute approximate surface area is 135 Å². The third-order valence-corrected chi connectivity index (χ3v) is 4.89. The summed E-state index contributed by atoms with van der Waals surface area (Å²) in [7, 11) is 0. The molecule has 0 spiro atoms. The van der Waals surface area contributed by atoms with Crippen molar-refractivity contribution in [3.63, 3.8) is 0 Å². The van der Waals surface area contributed by atoms with Gasteiger partial charge in [0.2, 0.25) is 11.8 Å². The average Bonchev–Trinajstić information content (AvgIpc) is 2.53. The maximum absolute atomic E-state index is 12.1. The molecule has 0 unspecified atom stereocenters. The minimum atomic E-state index is 0.0133. The van der Waals surface area contributed by atoms with Crippen LogP contribution in [0, 0.1) is 5.41 Å². The smallest absolute Gasteiger partial charge is 0.222 e. The van der Waals surface area contributed by atoms with Gasteiger partial charge in [-0.15, -0.1) is 0 Å². The van der Waals surface area contributed by atoms with E-state index < -0.39 is 0 Å². The lowest BCUT2D eigenvalue weighted by Crippen LogP contribution is -2.39. The fraction of sp³-hybridized carbons (Fsp3) is 0.882. The van der Waals surface area contributed by atoms with E-state index in [0.29, 0.717) is 32.4 Å². The van der Waals surface area contributed by atoms with Gasteiger partial charge >= 0.3 is 0 Å². The molecule has 1 rings (SSSR count). The number of nitrogens with two attached hydrogens (primary N) is 1. The van der Waals surface area contributed by atoms with E-state index in [-0.39, 0.29) is 17.2 Å². The highest BCUT2D eigenvalue weighted by atomic mass is 16.2. The Morgan fingerprint density at radius 3 is 2.32 bits per heavy atom. The second-order valence-corrected chi connectivity index (χ2v) is 6.46. The van der Waals surface area contributed by atoms with E-state index in [0.717, 1.165) is 25.9 Å². The van der Waals surface area contributed by atoms with Crippen LogP contribution in [0.1, 0.15) is 65.2 Å². The predicted octanol–water partition coefficient (Wildman–Crippen LogP) is 2.05. The minimum absolute atomic E-state index is 0.0133. The maximum atomic E-state index is 12.1. The van der Waals surface area contributed by atoms with Crippen LogP contribution in [0.3, 0.4) is 0 Å². The molecule has 1 aliphatic carbocycles. The van der Waals surface area contributed by atoms with Crippen LogP contribution in [0.5, 0.6) is 0 Å². The van der Waals surface area contributed by atoms with E-state index in [9.17, 15) is 9.59 Å². The van der Waals surface area contributed by atoms with Gasteiger partial charge in [-0.05, 0) is 45.1 Å². The molecule has 0 radical (unpaired) electrons. The number of amides is 2. The van der Waals surface area contributed by atoms with E-state index in [2.05, 4.69) is 5.32 Å². The number of nitrogens with zero attached hydrogens (tertiary/aromatic N) is 1. The summed E-state index contributed by atoms with van der Waals surface area (Å²) < 4.78 is 0. The molecule has 0 aromatic heterocycles. The number of carbonyl (C=O) groups is 2. The molecule has 2 amide bonds. The largest absolute Gasteiger partial charge is 0.356 e. The number of carbonyl (C=O) groups excluding carboxylic acids is 2. The van der Waals surface area contributed by atoms with Crippen LogP contribution in [-0.2, 0) is 9.59 Å². The van der Waals surface area contributed by atoms with Crippen LogP contribution in [0.2, 0.25) is 0 Å². The van der Waals surface area contributed by atoms with Gasteiger partial charge in [-0.2, -0.15) is 0 Å². The van der Waals surface area contributed by atoms with Crippen molar-refractivity contribution in [2.24, 2.45) is 11.1 Å². The van der Waals surface area contributed by atoms with Crippen LogP contribution < -0.4 is 11.1 Å². The van der Waals surface area contributed by atoms with Crippen LogP contribution in [0.25, 0.3) is 0 Å². The Morgan fingerprint density at radius 2 is 1.77 bits per heavy atom. The molecule has 3 N–H and O–H groups in total. The number of nitrogens with one attached hydrogen (secondary N) is 1. The summed E-state index contributed by atoms with van der Waals surface area (Å²) >= 11 is 0.